The molecule has 7 nitrogen and oxygen atoms in total. The highest BCUT2D eigenvalue weighted by atomic mass is 35.5. The van der Waals surface area contributed by atoms with Crippen molar-refractivity contribution in [1.82, 2.24) is 5.43 Å². The van der Waals surface area contributed by atoms with Crippen LogP contribution in [0, 0.1) is 6.92 Å². The zero-order valence-electron chi connectivity index (χ0n) is 18.0. The lowest BCUT2D eigenvalue weighted by atomic mass is 9.93. The summed E-state index contributed by atoms with van der Waals surface area (Å²) < 4.78 is 11.0. The van der Waals surface area contributed by atoms with Crippen LogP contribution in [0.25, 0.3) is 0 Å². The number of halogens is 2. The van der Waals surface area contributed by atoms with E-state index in [0.717, 1.165) is 12.0 Å². The van der Waals surface area contributed by atoms with Gasteiger partial charge in [-0.15, -0.1) is 0 Å². The molecule has 0 aliphatic heterocycles. The Kier molecular flexibility index (Phi) is 6.72. The number of furan rings is 1. The summed E-state index contributed by atoms with van der Waals surface area (Å²) in [6.07, 6.45) is 2.14. The Balaban J connectivity index is 1.54. The molecule has 0 radical (unpaired) electrons. The predicted octanol–water partition coefficient (Wildman–Crippen LogP) is 5.63. The summed E-state index contributed by atoms with van der Waals surface area (Å²) in [6.45, 7) is 1.80. The number of hydrazone groups is 1. The molecule has 1 aromatic heterocycles. The van der Waals surface area contributed by atoms with Gasteiger partial charge in [0.15, 0.2) is 5.76 Å². The van der Waals surface area contributed by atoms with Crippen molar-refractivity contribution in [3.63, 3.8) is 0 Å². The molecule has 33 heavy (non-hydrogen) atoms. The molecule has 9 heteroatoms. The van der Waals surface area contributed by atoms with Gasteiger partial charge in [0.1, 0.15) is 11.5 Å². The molecule has 0 fully saturated rings. The van der Waals surface area contributed by atoms with Crippen molar-refractivity contribution in [1.29, 1.82) is 0 Å². The molecule has 0 atom stereocenters. The van der Waals surface area contributed by atoms with Crippen LogP contribution >= 0.6 is 23.2 Å². The molecule has 0 saturated heterocycles. The minimum absolute atomic E-state index is 0.196. The van der Waals surface area contributed by atoms with Gasteiger partial charge >= 0.3 is 0 Å². The third-order valence-electron chi connectivity index (χ3n) is 5.35. The van der Waals surface area contributed by atoms with Crippen LogP contribution in [0.2, 0.25) is 10.0 Å². The number of carbonyl (C=O) groups excluding carboxylic acids is 2. The van der Waals surface area contributed by atoms with Crippen molar-refractivity contribution in [3.05, 3.63) is 80.7 Å². The van der Waals surface area contributed by atoms with Gasteiger partial charge in [0.2, 0.25) is 0 Å². The van der Waals surface area contributed by atoms with Gasteiger partial charge in [-0.1, -0.05) is 23.2 Å². The lowest BCUT2D eigenvalue weighted by molar-refractivity contribution is 0.0953. The van der Waals surface area contributed by atoms with E-state index in [2.05, 4.69) is 15.8 Å². The number of nitrogens with one attached hydrogen (secondary N) is 2. The van der Waals surface area contributed by atoms with Gasteiger partial charge in [0.05, 0.1) is 22.9 Å². The topological polar surface area (TPSA) is 92.9 Å². The van der Waals surface area contributed by atoms with Crippen LogP contribution in [-0.4, -0.2) is 24.6 Å². The maximum Gasteiger partial charge on any atom is 0.291 e. The second kappa shape index (κ2) is 9.68. The molecule has 2 amide bonds. The first kappa shape index (κ1) is 22.9. The van der Waals surface area contributed by atoms with E-state index < -0.39 is 5.91 Å². The summed E-state index contributed by atoms with van der Waals surface area (Å²) in [7, 11) is 1.56. The second-order valence-corrected chi connectivity index (χ2v) is 8.33. The van der Waals surface area contributed by atoms with Crippen LogP contribution in [-0.2, 0) is 6.42 Å². The van der Waals surface area contributed by atoms with E-state index in [4.69, 9.17) is 32.4 Å². The van der Waals surface area contributed by atoms with Crippen molar-refractivity contribution in [3.8, 4) is 5.75 Å². The summed E-state index contributed by atoms with van der Waals surface area (Å²) in [6, 6.07) is 11.6. The number of anilines is 1. The van der Waals surface area contributed by atoms with Crippen LogP contribution in [0.15, 0.2) is 52.0 Å². The summed E-state index contributed by atoms with van der Waals surface area (Å²) in [5, 5.41) is 7.86. The predicted molar refractivity (Wildman–Crippen MR) is 128 cm³/mol. The molecule has 3 aromatic rings. The highest BCUT2D eigenvalue weighted by molar-refractivity contribution is 6.42. The van der Waals surface area contributed by atoms with Crippen LogP contribution in [0.5, 0.6) is 5.75 Å². The SMILES string of the molecule is COc1ccc(C(=O)N/N=C2\CCCc3oc(C(=O)Nc4ccc(Cl)c(Cl)c4)c(C)c32)cc1. The molecule has 0 unspecified atom stereocenters. The minimum atomic E-state index is -0.401. The van der Waals surface area contributed by atoms with Crippen molar-refractivity contribution in [2.45, 2.75) is 26.2 Å². The van der Waals surface area contributed by atoms with Gasteiger partial charge in [0, 0.05) is 28.8 Å². The molecule has 2 N–H and O–H groups in total. The molecular formula is C24H21Cl2N3O4. The zero-order valence-corrected chi connectivity index (χ0v) is 19.5. The highest BCUT2D eigenvalue weighted by Gasteiger charge is 2.28. The number of nitrogens with zero attached hydrogens (tertiary/aromatic N) is 1. The Hall–Kier alpha value is -3.29. The van der Waals surface area contributed by atoms with Crippen LogP contribution in [0.1, 0.15) is 50.6 Å². The third kappa shape index (κ3) is 4.89. The normalized spacial score (nSPS) is 14.0. The molecule has 0 saturated carbocycles. The van der Waals surface area contributed by atoms with Crippen molar-refractivity contribution in [2.24, 2.45) is 5.10 Å². The van der Waals surface area contributed by atoms with Crippen LogP contribution < -0.4 is 15.5 Å². The van der Waals surface area contributed by atoms with E-state index in [-0.39, 0.29) is 11.7 Å². The Bertz CT molecular complexity index is 1250. The molecule has 1 aliphatic carbocycles. The van der Waals surface area contributed by atoms with Gasteiger partial charge in [-0.05, 0) is 62.2 Å². The fraction of sp³-hybridized carbons (Fsp3) is 0.208. The number of amides is 2. The number of fused-ring (bicyclic) bond motifs is 1. The molecular weight excluding hydrogens is 465 g/mol. The average molecular weight is 486 g/mol. The number of aryl methyl sites for hydroxylation is 1. The van der Waals surface area contributed by atoms with Gasteiger partial charge in [-0.25, -0.2) is 5.43 Å². The van der Waals surface area contributed by atoms with Crippen molar-refractivity contribution >= 4 is 46.4 Å². The van der Waals surface area contributed by atoms with Gasteiger partial charge in [-0.2, -0.15) is 5.10 Å². The van der Waals surface area contributed by atoms with Gasteiger partial charge in [-0.3, -0.25) is 9.59 Å². The molecule has 1 aliphatic rings. The summed E-state index contributed by atoms with van der Waals surface area (Å²) in [4.78, 5) is 25.3. The highest BCUT2D eigenvalue weighted by Crippen LogP contribution is 2.31. The molecule has 4 rings (SSSR count). The number of methoxy groups -OCH3 is 1. The maximum atomic E-state index is 12.9. The fourth-order valence-corrected chi connectivity index (χ4v) is 3.98. The first-order valence-corrected chi connectivity index (χ1v) is 11.0. The Morgan fingerprint density at radius 3 is 2.48 bits per heavy atom. The molecule has 0 bridgehead atoms. The average Bonchev–Trinajstić information content (AvgIpc) is 3.17. The number of benzene rings is 2. The standard InChI is InChI=1S/C24H21Cl2N3O4/c1-13-21-19(28-29-23(30)14-6-9-16(32-2)10-7-14)4-3-5-20(21)33-22(13)24(31)27-15-8-11-17(25)18(26)12-15/h6-12H,3-5H2,1-2H3,(H,27,31)(H,29,30)/b28-19+. The van der Waals surface area contributed by atoms with E-state index in [0.29, 0.717) is 56.9 Å². The first-order chi connectivity index (χ1) is 15.9. The van der Waals surface area contributed by atoms with Crippen molar-refractivity contribution < 1.29 is 18.7 Å². The quantitative estimate of drug-likeness (QED) is 0.458. The van der Waals surface area contributed by atoms with Crippen molar-refractivity contribution in [2.75, 3.05) is 12.4 Å². The lowest BCUT2D eigenvalue weighted by Gasteiger charge is -2.13. The number of carbonyl (C=O) groups is 2. The monoisotopic (exact) mass is 485 g/mol. The third-order valence-corrected chi connectivity index (χ3v) is 6.09. The Labute approximate surface area is 200 Å². The number of rotatable bonds is 5. The zero-order chi connectivity index (χ0) is 23.5. The van der Waals surface area contributed by atoms with Gasteiger partial charge < -0.3 is 14.5 Å². The lowest BCUT2D eigenvalue weighted by Crippen LogP contribution is -2.22. The van der Waals surface area contributed by atoms with Crippen LogP contribution in [0.3, 0.4) is 0 Å². The maximum absolute atomic E-state index is 12.9. The first-order valence-electron chi connectivity index (χ1n) is 10.3. The minimum Gasteiger partial charge on any atom is -0.497 e. The number of hydrogen-bond donors (Lipinski definition) is 2. The number of ether oxygens (including phenoxy) is 1. The molecule has 0 spiro atoms. The smallest absolute Gasteiger partial charge is 0.291 e. The Morgan fingerprint density at radius 2 is 1.79 bits per heavy atom. The van der Waals surface area contributed by atoms with E-state index in [1.54, 1.807) is 56.5 Å². The second-order valence-electron chi connectivity index (χ2n) is 7.52. The fourth-order valence-electron chi connectivity index (χ4n) is 3.68. The summed E-state index contributed by atoms with van der Waals surface area (Å²) >= 11 is 12.0. The van der Waals surface area contributed by atoms with E-state index in [1.807, 2.05) is 0 Å². The number of hydrogen-bond acceptors (Lipinski definition) is 5. The van der Waals surface area contributed by atoms with Crippen LogP contribution in [0.4, 0.5) is 5.69 Å². The largest absolute Gasteiger partial charge is 0.497 e. The molecule has 170 valence electrons. The molecule has 2 aromatic carbocycles. The van der Waals surface area contributed by atoms with E-state index >= 15 is 0 Å². The van der Waals surface area contributed by atoms with E-state index in [9.17, 15) is 9.59 Å². The summed E-state index contributed by atoms with van der Waals surface area (Å²) in [5.41, 5.74) is 5.67. The summed E-state index contributed by atoms with van der Waals surface area (Å²) in [5.74, 6) is 0.797. The van der Waals surface area contributed by atoms with E-state index in [1.165, 1.54) is 0 Å². The Morgan fingerprint density at radius 1 is 1.03 bits per heavy atom. The van der Waals surface area contributed by atoms with Gasteiger partial charge in [0.25, 0.3) is 11.8 Å². The molecule has 1 heterocycles.